The Bertz CT molecular complexity index is 589. The van der Waals surface area contributed by atoms with Crippen LogP contribution in [-0.2, 0) is 17.4 Å². The van der Waals surface area contributed by atoms with Crippen molar-refractivity contribution < 1.29 is 18.0 Å². The van der Waals surface area contributed by atoms with E-state index in [0.717, 1.165) is 17.7 Å². The summed E-state index contributed by atoms with van der Waals surface area (Å²) in [6.07, 6.45) is -3.78. The number of nitrogens with one attached hydrogen (secondary N) is 3. The Morgan fingerprint density at radius 3 is 2.19 bits per heavy atom. The van der Waals surface area contributed by atoms with Crippen LogP contribution in [0.3, 0.4) is 0 Å². The molecule has 0 aliphatic rings. The van der Waals surface area contributed by atoms with Crippen LogP contribution in [0.5, 0.6) is 0 Å². The van der Waals surface area contributed by atoms with E-state index < -0.39 is 11.7 Å². The number of guanidine groups is 1. The van der Waals surface area contributed by atoms with Crippen molar-refractivity contribution >= 4 is 35.8 Å². The van der Waals surface area contributed by atoms with Gasteiger partial charge in [-0.1, -0.05) is 26.0 Å². The molecule has 0 aliphatic heterocycles. The lowest BCUT2D eigenvalue weighted by atomic mass is 10.1. The van der Waals surface area contributed by atoms with Gasteiger partial charge in [-0.3, -0.25) is 9.79 Å². The number of nitrogens with zero attached hydrogens (tertiary/aromatic N) is 1. The predicted octanol–water partition coefficient (Wildman–Crippen LogP) is 3.19. The van der Waals surface area contributed by atoms with E-state index in [2.05, 4.69) is 20.9 Å². The van der Waals surface area contributed by atoms with E-state index in [4.69, 9.17) is 0 Å². The fraction of sp³-hybridized carbons (Fsp3) is 0.556. The molecule has 154 valence electrons. The molecule has 0 saturated heterocycles. The summed E-state index contributed by atoms with van der Waals surface area (Å²) in [5.41, 5.74) is 0.144. The maximum Gasteiger partial charge on any atom is 0.416 e. The molecule has 3 N–H and O–H groups in total. The van der Waals surface area contributed by atoms with Gasteiger partial charge in [0.05, 0.1) is 5.56 Å². The topological polar surface area (TPSA) is 65.5 Å². The highest BCUT2D eigenvalue weighted by Crippen LogP contribution is 2.29. The number of carbonyl (C=O) groups is 1. The number of amides is 1. The molecule has 0 aromatic heterocycles. The molecule has 0 saturated carbocycles. The zero-order valence-electron chi connectivity index (χ0n) is 15.8. The second-order valence-corrected chi connectivity index (χ2v) is 6.08. The van der Waals surface area contributed by atoms with Gasteiger partial charge in [0, 0.05) is 32.1 Å². The van der Waals surface area contributed by atoms with Gasteiger partial charge < -0.3 is 16.0 Å². The Morgan fingerprint density at radius 1 is 1.07 bits per heavy atom. The van der Waals surface area contributed by atoms with Crippen molar-refractivity contribution in [2.45, 2.75) is 33.4 Å². The van der Waals surface area contributed by atoms with Gasteiger partial charge in [0.15, 0.2) is 5.96 Å². The first-order valence-corrected chi connectivity index (χ1v) is 8.70. The van der Waals surface area contributed by atoms with Crippen LogP contribution in [0, 0.1) is 5.92 Å². The average Bonchev–Trinajstić information content (AvgIpc) is 2.58. The molecule has 1 rings (SSSR count). The van der Waals surface area contributed by atoms with Gasteiger partial charge in [-0.05, 0) is 31.0 Å². The lowest BCUT2D eigenvalue weighted by molar-refractivity contribution is -0.137. The standard InChI is InChI=1S/C18H27F3N4O.HI/c1-4-22-17(25-12-11-23-16(26)13(2)3)24-10-9-14-5-7-15(8-6-14)18(19,20)21;/h5-8,13H,4,9-12H2,1-3H3,(H,23,26)(H2,22,24,25);1H. The number of benzene rings is 1. The number of carbonyl (C=O) groups excluding carboxylic acids is 1. The Morgan fingerprint density at radius 2 is 1.67 bits per heavy atom. The Kier molecular flexibility index (Phi) is 12.1. The molecule has 1 aromatic rings. The summed E-state index contributed by atoms with van der Waals surface area (Å²) in [7, 11) is 0. The number of rotatable bonds is 8. The zero-order chi connectivity index (χ0) is 19.6. The quantitative estimate of drug-likeness (QED) is 0.223. The summed E-state index contributed by atoms with van der Waals surface area (Å²) in [4.78, 5) is 15.9. The maximum atomic E-state index is 12.5. The lowest BCUT2D eigenvalue weighted by Crippen LogP contribution is -2.42. The third kappa shape index (κ3) is 10.4. The van der Waals surface area contributed by atoms with Crippen molar-refractivity contribution in [3.8, 4) is 0 Å². The van der Waals surface area contributed by atoms with Gasteiger partial charge in [0.25, 0.3) is 0 Å². The van der Waals surface area contributed by atoms with Gasteiger partial charge >= 0.3 is 6.18 Å². The van der Waals surface area contributed by atoms with Gasteiger partial charge in [-0.15, -0.1) is 24.0 Å². The van der Waals surface area contributed by atoms with Gasteiger partial charge in [-0.25, -0.2) is 0 Å². The molecule has 0 radical (unpaired) electrons. The zero-order valence-corrected chi connectivity index (χ0v) is 18.2. The number of hydrogen-bond donors (Lipinski definition) is 3. The molecule has 9 heteroatoms. The predicted molar refractivity (Wildman–Crippen MR) is 112 cm³/mol. The summed E-state index contributed by atoms with van der Waals surface area (Å²) < 4.78 is 37.6. The van der Waals surface area contributed by atoms with Crippen molar-refractivity contribution in [3.05, 3.63) is 35.4 Å². The van der Waals surface area contributed by atoms with Crippen molar-refractivity contribution in [1.29, 1.82) is 0 Å². The van der Waals surface area contributed by atoms with Crippen molar-refractivity contribution in [2.24, 2.45) is 10.9 Å². The van der Waals surface area contributed by atoms with E-state index in [-0.39, 0.29) is 35.8 Å². The molecule has 27 heavy (non-hydrogen) atoms. The largest absolute Gasteiger partial charge is 0.416 e. The minimum atomic E-state index is -4.32. The van der Waals surface area contributed by atoms with Crippen LogP contribution in [0.4, 0.5) is 13.2 Å². The smallest absolute Gasteiger partial charge is 0.357 e. The Hall–Kier alpha value is -1.52. The third-order valence-electron chi connectivity index (χ3n) is 3.54. The molecule has 0 bridgehead atoms. The fourth-order valence-corrected chi connectivity index (χ4v) is 2.07. The molecular formula is C18H28F3IN4O. The summed E-state index contributed by atoms with van der Waals surface area (Å²) >= 11 is 0. The summed E-state index contributed by atoms with van der Waals surface area (Å²) in [6, 6.07) is 5.11. The van der Waals surface area contributed by atoms with Crippen LogP contribution in [-0.4, -0.2) is 38.0 Å². The van der Waals surface area contributed by atoms with Crippen LogP contribution in [0.1, 0.15) is 31.9 Å². The first kappa shape index (κ1) is 25.5. The molecule has 0 spiro atoms. The first-order chi connectivity index (χ1) is 12.2. The Labute approximate surface area is 175 Å². The van der Waals surface area contributed by atoms with Crippen LogP contribution >= 0.6 is 24.0 Å². The minimum absolute atomic E-state index is 0. The molecule has 0 fully saturated rings. The van der Waals surface area contributed by atoms with Crippen LogP contribution in [0.2, 0.25) is 0 Å². The van der Waals surface area contributed by atoms with Crippen LogP contribution < -0.4 is 16.0 Å². The van der Waals surface area contributed by atoms with Crippen molar-refractivity contribution in [3.63, 3.8) is 0 Å². The van der Waals surface area contributed by atoms with E-state index in [9.17, 15) is 18.0 Å². The van der Waals surface area contributed by atoms with E-state index >= 15 is 0 Å². The van der Waals surface area contributed by atoms with E-state index in [0.29, 0.717) is 38.6 Å². The highest BCUT2D eigenvalue weighted by molar-refractivity contribution is 14.0. The van der Waals surface area contributed by atoms with Crippen molar-refractivity contribution in [1.82, 2.24) is 16.0 Å². The van der Waals surface area contributed by atoms with E-state index in [1.54, 1.807) is 0 Å². The number of halogens is 4. The second-order valence-electron chi connectivity index (χ2n) is 6.08. The molecule has 1 amide bonds. The molecule has 5 nitrogen and oxygen atoms in total. The van der Waals surface area contributed by atoms with E-state index in [1.807, 2.05) is 20.8 Å². The second kappa shape index (κ2) is 12.8. The molecule has 0 atom stereocenters. The first-order valence-electron chi connectivity index (χ1n) is 8.70. The van der Waals surface area contributed by atoms with Crippen molar-refractivity contribution in [2.75, 3.05) is 26.2 Å². The fourth-order valence-electron chi connectivity index (χ4n) is 2.07. The molecule has 0 unspecified atom stereocenters. The number of hydrogen-bond acceptors (Lipinski definition) is 2. The number of aliphatic imine (C=N–C) groups is 1. The van der Waals surface area contributed by atoms with Gasteiger partial charge in [0.1, 0.15) is 0 Å². The van der Waals surface area contributed by atoms with Gasteiger partial charge in [-0.2, -0.15) is 13.2 Å². The lowest BCUT2D eigenvalue weighted by Gasteiger charge is -2.12. The molecule has 0 heterocycles. The minimum Gasteiger partial charge on any atom is -0.357 e. The summed E-state index contributed by atoms with van der Waals surface area (Å²) in [5, 5.41) is 8.99. The molecule has 0 aliphatic carbocycles. The third-order valence-corrected chi connectivity index (χ3v) is 3.54. The summed E-state index contributed by atoms with van der Waals surface area (Å²) in [5.74, 6) is 0.551. The highest BCUT2D eigenvalue weighted by atomic mass is 127. The highest BCUT2D eigenvalue weighted by Gasteiger charge is 2.29. The van der Waals surface area contributed by atoms with Crippen LogP contribution in [0.25, 0.3) is 0 Å². The Balaban J connectivity index is 0.00000676. The molecule has 1 aromatic carbocycles. The van der Waals surface area contributed by atoms with E-state index in [1.165, 1.54) is 12.1 Å². The van der Waals surface area contributed by atoms with Gasteiger partial charge in [0.2, 0.25) is 5.91 Å². The SMILES string of the molecule is CCNC(=NCCc1ccc(C(F)(F)F)cc1)NCCNC(=O)C(C)C.I. The number of alkyl halides is 3. The summed E-state index contributed by atoms with van der Waals surface area (Å²) in [6.45, 7) is 7.74. The maximum absolute atomic E-state index is 12.5. The van der Waals surface area contributed by atoms with Crippen LogP contribution in [0.15, 0.2) is 29.3 Å². The normalized spacial score (nSPS) is 11.7. The average molecular weight is 500 g/mol. The molecular weight excluding hydrogens is 472 g/mol. The monoisotopic (exact) mass is 500 g/mol.